The molecule has 23 heavy (non-hydrogen) atoms. The SMILES string of the molecule is CC(C)C(=O)NCC1CCCN(C(=O)[C@@H]2CC[C@H](C(=O)O)O2)C1. The maximum absolute atomic E-state index is 12.5. The zero-order chi connectivity index (χ0) is 17.0. The van der Waals surface area contributed by atoms with Crippen LogP contribution in [0.3, 0.4) is 0 Å². The molecule has 7 heteroatoms. The third-order valence-electron chi connectivity index (χ3n) is 4.49. The van der Waals surface area contributed by atoms with E-state index < -0.39 is 18.2 Å². The second kappa shape index (κ2) is 7.77. The van der Waals surface area contributed by atoms with Gasteiger partial charge in [-0.3, -0.25) is 9.59 Å². The van der Waals surface area contributed by atoms with Crippen molar-refractivity contribution < 1.29 is 24.2 Å². The molecule has 0 saturated carbocycles. The zero-order valence-electron chi connectivity index (χ0n) is 13.8. The molecule has 0 spiro atoms. The number of carbonyl (C=O) groups excluding carboxylic acids is 2. The summed E-state index contributed by atoms with van der Waals surface area (Å²) in [5, 5.41) is 11.9. The number of carboxylic acids is 1. The van der Waals surface area contributed by atoms with Crippen LogP contribution in [0.1, 0.15) is 39.5 Å². The Labute approximate surface area is 136 Å². The Kier molecular flexibility index (Phi) is 5.98. The molecule has 2 saturated heterocycles. The average Bonchev–Trinajstić information content (AvgIpc) is 3.02. The number of aliphatic carboxylic acids is 1. The number of rotatable bonds is 5. The van der Waals surface area contributed by atoms with Crippen LogP contribution < -0.4 is 5.32 Å². The Hall–Kier alpha value is -1.63. The van der Waals surface area contributed by atoms with Crippen LogP contribution in [0.15, 0.2) is 0 Å². The first-order chi connectivity index (χ1) is 10.9. The third-order valence-corrected chi connectivity index (χ3v) is 4.49. The minimum absolute atomic E-state index is 0.0249. The lowest BCUT2D eigenvalue weighted by molar-refractivity contribution is -0.155. The molecule has 130 valence electrons. The lowest BCUT2D eigenvalue weighted by Crippen LogP contribution is -2.47. The van der Waals surface area contributed by atoms with Gasteiger partial charge >= 0.3 is 5.97 Å². The quantitative estimate of drug-likeness (QED) is 0.772. The maximum atomic E-state index is 12.5. The van der Waals surface area contributed by atoms with Crippen molar-refractivity contribution in [2.24, 2.45) is 11.8 Å². The summed E-state index contributed by atoms with van der Waals surface area (Å²) < 4.78 is 5.34. The van der Waals surface area contributed by atoms with Crippen molar-refractivity contribution in [3.8, 4) is 0 Å². The van der Waals surface area contributed by atoms with Gasteiger partial charge in [-0.15, -0.1) is 0 Å². The smallest absolute Gasteiger partial charge is 0.332 e. The summed E-state index contributed by atoms with van der Waals surface area (Å²) in [7, 11) is 0. The molecule has 0 aromatic rings. The summed E-state index contributed by atoms with van der Waals surface area (Å²) >= 11 is 0. The van der Waals surface area contributed by atoms with E-state index in [0.717, 1.165) is 12.8 Å². The minimum atomic E-state index is -1.01. The molecule has 2 N–H and O–H groups in total. The number of ether oxygens (including phenoxy) is 1. The van der Waals surface area contributed by atoms with Crippen LogP contribution in [0.2, 0.25) is 0 Å². The van der Waals surface area contributed by atoms with Crippen LogP contribution in [0.25, 0.3) is 0 Å². The molecule has 2 heterocycles. The highest BCUT2D eigenvalue weighted by molar-refractivity contribution is 5.83. The second-order valence-corrected chi connectivity index (χ2v) is 6.72. The first-order valence-corrected chi connectivity index (χ1v) is 8.33. The highest BCUT2D eigenvalue weighted by atomic mass is 16.5. The third kappa shape index (κ3) is 4.67. The van der Waals surface area contributed by atoms with Gasteiger partial charge in [0.2, 0.25) is 5.91 Å². The Balaban J connectivity index is 1.82. The summed E-state index contributed by atoms with van der Waals surface area (Å²) in [6.45, 7) is 5.54. The Morgan fingerprint density at radius 3 is 2.52 bits per heavy atom. The van der Waals surface area contributed by atoms with Gasteiger partial charge in [0.05, 0.1) is 0 Å². The number of carboxylic acid groups (broad SMARTS) is 1. The molecule has 1 unspecified atom stereocenters. The Morgan fingerprint density at radius 1 is 1.22 bits per heavy atom. The van der Waals surface area contributed by atoms with E-state index in [1.54, 1.807) is 4.90 Å². The summed E-state index contributed by atoms with van der Waals surface area (Å²) in [5.74, 6) is -0.901. The first kappa shape index (κ1) is 17.7. The number of likely N-dealkylation sites (tertiary alicyclic amines) is 1. The fourth-order valence-electron chi connectivity index (χ4n) is 3.09. The van der Waals surface area contributed by atoms with E-state index in [2.05, 4.69) is 5.32 Å². The molecule has 0 bridgehead atoms. The molecule has 0 radical (unpaired) electrons. The fraction of sp³-hybridized carbons (Fsp3) is 0.812. The van der Waals surface area contributed by atoms with E-state index in [0.29, 0.717) is 32.5 Å². The van der Waals surface area contributed by atoms with E-state index in [4.69, 9.17) is 9.84 Å². The van der Waals surface area contributed by atoms with Crippen molar-refractivity contribution >= 4 is 17.8 Å². The molecule has 2 fully saturated rings. The van der Waals surface area contributed by atoms with E-state index >= 15 is 0 Å². The lowest BCUT2D eigenvalue weighted by atomic mass is 9.97. The van der Waals surface area contributed by atoms with Crippen LogP contribution in [-0.4, -0.2) is 59.6 Å². The van der Waals surface area contributed by atoms with Crippen molar-refractivity contribution in [2.45, 2.75) is 51.7 Å². The molecule has 3 atom stereocenters. The van der Waals surface area contributed by atoms with Gasteiger partial charge < -0.3 is 20.1 Å². The summed E-state index contributed by atoms with van der Waals surface area (Å²) in [6, 6.07) is 0. The van der Waals surface area contributed by atoms with Gasteiger partial charge in [-0.05, 0) is 31.6 Å². The van der Waals surface area contributed by atoms with Gasteiger partial charge in [0.15, 0.2) is 6.10 Å². The highest BCUT2D eigenvalue weighted by Gasteiger charge is 2.37. The van der Waals surface area contributed by atoms with Crippen molar-refractivity contribution in [2.75, 3.05) is 19.6 Å². The zero-order valence-corrected chi connectivity index (χ0v) is 13.8. The molecular weight excluding hydrogens is 300 g/mol. The van der Waals surface area contributed by atoms with Crippen LogP contribution in [0.5, 0.6) is 0 Å². The fourth-order valence-corrected chi connectivity index (χ4v) is 3.09. The van der Waals surface area contributed by atoms with Crippen molar-refractivity contribution in [3.05, 3.63) is 0 Å². The summed E-state index contributed by atoms with van der Waals surface area (Å²) in [5.41, 5.74) is 0. The number of hydrogen-bond acceptors (Lipinski definition) is 4. The molecule has 0 aromatic carbocycles. The number of hydrogen-bond donors (Lipinski definition) is 2. The Bertz CT molecular complexity index is 465. The van der Waals surface area contributed by atoms with Gasteiger partial charge in [-0.25, -0.2) is 4.79 Å². The second-order valence-electron chi connectivity index (χ2n) is 6.72. The van der Waals surface area contributed by atoms with Crippen molar-refractivity contribution in [1.82, 2.24) is 10.2 Å². The Morgan fingerprint density at radius 2 is 1.91 bits per heavy atom. The predicted octanol–water partition coefficient (Wildman–Crippen LogP) is 0.629. The molecule has 7 nitrogen and oxygen atoms in total. The number of piperidine rings is 1. The number of nitrogens with zero attached hydrogens (tertiary/aromatic N) is 1. The van der Waals surface area contributed by atoms with Gasteiger partial charge in [0.25, 0.3) is 5.91 Å². The molecule has 0 aromatic heterocycles. The average molecular weight is 326 g/mol. The van der Waals surface area contributed by atoms with Gasteiger partial charge in [-0.1, -0.05) is 13.8 Å². The van der Waals surface area contributed by atoms with Crippen LogP contribution in [0, 0.1) is 11.8 Å². The molecule has 2 rings (SSSR count). The van der Waals surface area contributed by atoms with Crippen molar-refractivity contribution in [1.29, 1.82) is 0 Å². The number of carbonyl (C=O) groups is 3. The van der Waals surface area contributed by atoms with Gasteiger partial charge in [-0.2, -0.15) is 0 Å². The van der Waals surface area contributed by atoms with Crippen LogP contribution >= 0.6 is 0 Å². The molecule has 0 aliphatic carbocycles. The normalized spacial score (nSPS) is 28.0. The van der Waals surface area contributed by atoms with E-state index in [1.165, 1.54) is 0 Å². The van der Waals surface area contributed by atoms with Gasteiger partial charge in [0, 0.05) is 25.6 Å². The van der Waals surface area contributed by atoms with Crippen LogP contribution in [0.4, 0.5) is 0 Å². The summed E-state index contributed by atoms with van der Waals surface area (Å²) in [4.78, 5) is 36.8. The largest absolute Gasteiger partial charge is 0.479 e. The maximum Gasteiger partial charge on any atom is 0.332 e. The van der Waals surface area contributed by atoms with Crippen molar-refractivity contribution in [3.63, 3.8) is 0 Å². The standard InChI is InChI=1S/C16H26N2O5/c1-10(2)14(19)17-8-11-4-3-7-18(9-11)15(20)12-5-6-13(23-12)16(21)22/h10-13H,3-9H2,1-2H3,(H,17,19)(H,21,22)/t11?,12-,13+/m0/s1. The molecule has 2 aliphatic rings. The topological polar surface area (TPSA) is 95.9 Å². The van der Waals surface area contributed by atoms with Crippen LogP contribution in [-0.2, 0) is 19.1 Å². The van der Waals surface area contributed by atoms with E-state index in [1.807, 2.05) is 13.8 Å². The molecular formula is C16H26N2O5. The van der Waals surface area contributed by atoms with E-state index in [9.17, 15) is 14.4 Å². The predicted molar refractivity (Wildman–Crippen MR) is 82.7 cm³/mol. The lowest BCUT2D eigenvalue weighted by Gasteiger charge is -2.34. The monoisotopic (exact) mass is 326 g/mol. The first-order valence-electron chi connectivity index (χ1n) is 8.33. The number of amides is 2. The number of nitrogens with one attached hydrogen (secondary N) is 1. The van der Waals surface area contributed by atoms with Gasteiger partial charge in [0.1, 0.15) is 6.10 Å². The minimum Gasteiger partial charge on any atom is -0.479 e. The molecule has 2 amide bonds. The highest BCUT2D eigenvalue weighted by Crippen LogP contribution is 2.24. The van der Waals surface area contributed by atoms with E-state index in [-0.39, 0.29) is 23.7 Å². The summed E-state index contributed by atoms with van der Waals surface area (Å²) in [6.07, 6.45) is 1.21. The molecule has 2 aliphatic heterocycles.